The maximum Gasteiger partial charge on any atom is 0.328 e. The van der Waals surface area contributed by atoms with Crippen molar-refractivity contribution in [2.75, 3.05) is 44.3 Å². The summed E-state index contributed by atoms with van der Waals surface area (Å²) in [5.41, 5.74) is 0. The van der Waals surface area contributed by atoms with Gasteiger partial charge >= 0.3 is 12.0 Å². The van der Waals surface area contributed by atoms with Crippen LogP contribution in [0.2, 0.25) is 0 Å². The van der Waals surface area contributed by atoms with Gasteiger partial charge in [-0.05, 0) is 0 Å². The Labute approximate surface area is 110 Å². The predicted octanol–water partition coefficient (Wildman–Crippen LogP) is -1.22. The predicted molar refractivity (Wildman–Crippen MR) is 68.8 cm³/mol. The van der Waals surface area contributed by atoms with Gasteiger partial charge < -0.3 is 20.8 Å². The van der Waals surface area contributed by atoms with Crippen molar-refractivity contribution in [3.63, 3.8) is 0 Å². The Hall–Kier alpha value is -0.990. The van der Waals surface area contributed by atoms with Gasteiger partial charge in [0.15, 0.2) is 6.04 Å². The molecule has 18 heavy (non-hydrogen) atoms. The number of nitrogens with zero attached hydrogens (tertiary/aromatic N) is 1. The fraction of sp³-hybridized carbons (Fsp3) is 0.800. The molecule has 1 heterocycles. The van der Waals surface area contributed by atoms with E-state index in [4.69, 9.17) is 10.2 Å². The van der Waals surface area contributed by atoms with Crippen molar-refractivity contribution in [3.8, 4) is 0 Å². The van der Waals surface area contributed by atoms with Crippen molar-refractivity contribution >= 4 is 23.8 Å². The molecule has 0 radical (unpaired) electrons. The van der Waals surface area contributed by atoms with Gasteiger partial charge in [-0.25, -0.2) is 9.59 Å². The number of urea groups is 1. The summed E-state index contributed by atoms with van der Waals surface area (Å²) in [5.74, 6) is 0.969. The molecular weight excluding hydrogens is 258 g/mol. The van der Waals surface area contributed by atoms with Crippen LogP contribution in [0.4, 0.5) is 4.79 Å². The zero-order valence-corrected chi connectivity index (χ0v) is 10.9. The molecule has 8 heteroatoms. The molecule has 0 spiro atoms. The molecule has 2 amide bonds. The highest BCUT2D eigenvalue weighted by Crippen LogP contribution is 2.07. The van der Waals surface area contributed by atoms with Gasteiger partial charge in [0, 0.05) is 37.7 Å². The average Bonchev–Trinajstić information content (AvgIpc) is 2.37. The van der Waals surface area contributed by atoms with Crippen molar-refractivity contribution in [2.24, 2.45) is 0 Å². The van der Waals surface area contributed by atoms with Crippen LogP contribution in [0.1, 0.15) is 0 Å². The van der Waals surface area contributed by atoms with Gasteiger partial charge in [-0.3, -0.25) is 4.90 Å². The summed E-state index contributed by atoms with van der Waals surface area (Å²) in [4.78, 5) is 24.2. The number of nitrogens with one attached hydrogen (secondary N) is 2. The van der Waals surface area contributed by atoms with Crippen LogP contribution in [-0.2, 0) is 4.79 Å². The number of aliphatic carboxylic acids is 1. The Morgan fingerprint density at radius 1 is 1.33 bits per heavy atom. The SMILES string of the molecule is O=C(NCCN1CCSCC1)N[C@H](CO)C(=O)O. The molecule has 1 rings (SSSR count). The maximum absolute atomic E-state index is 11.3. The zero-order chi connectivity index (χ0) is 13.4. The van der Waals surface area contributed by atoms with Gasteiger partial charge in [-0.2, -0.15) is 11.8 Å². The van der Waals surface area contributed by atoms with Crippen LogP contribution in [0.5, 0.6) is 0 Å². The first-order valence-electron chi connectivity index (χ1n) is 5.81. The smallest absolute Gasteiger partial charge is 0.328 e. The van der Waals surface area contributed by atoms with Gasteiger partial charge in [0.2, 0.25) is 0 Å². The highest BCUT2D eigenvalue weighted by molar-refractivity contribution is 7.99. The van der Waals surface area contributed by atoms with Crippen LogP contribution in [0.3, 0.4) is 0 Å². The van der Waals surface area contributed by atoms with Crippen LogP contribution in [-0.4, -0.2) is 77.4 Å². The number of carboxylic acids is 1. The third-order valence-electron chi connectivity index (χ3n) is 2.60. The molecule has 0 unspecified atom stereocenters. The summed E-state index contributed by atoms with van der Waals surface area (Å²) >= 11 is 1.92. The fourth-order valence-corrected chi connectivity index (χ4v) is 2.53. The topological polar surface area (TPSA) is 102 Å². The Kier molecular flexibility index (Phi) is 6.84. The second kappa shape index (κ2) is 8.17. The van der Waals surface area contributed by atoms with Crippen LogP contribution in [0.25, 0.3) is 0 Å². The first-order chi connectivity index (χ1) is 8.63. The van der Waals surface area contributed by atoms with E-state index in [9.17, 15) is 9.59 Å². The van der Waals surface area contributed by atoms with Crippen molar-refractivity contribution < 1.29 is 19.8 Å². The van der Waals surface area contributed by atoms with E-state index in [2.05, 4.69) is 15.5 Å². The highest BCUT2D eigenvalue weighted by atomic mass is 32.2. The van der Waals surface area contributed by atoms with Gasteiger partial charge in [-0.15, -0.1) is 0 Å². The third-order valence-corrected chi connectivity index (χ3v) is 3.55. The average molecular weight is 277 g/mol. The maximum atomic E-state index is 11.3. The molecule has 1 atom stereocenters. The molecular formula is C10H19N3O4S. The number of hydrogen-bond acceptors (Lipinski definition) is 5. The summed E-state index contributed by atoms with van der Waals surface area (Å²) < 4.78 is 0. The second-order valence-electron chi connectivity index (χ2n) is 3.93. The Morgan fingerprint density at radius 3 is 2.56 bits per heavy atom. The number of aliphatic hydroxyl groups excluding tert-OH is 1. The van der Waals surface area contributed by atoms with E-state index in [1.807, 2.05) is 11.8 Å². The van der Waals surface area contributed by atoms with Gasteiger partial charge in [0.1, 0.15) is 0 Å². The molecule has 0 aromatic heterocycles. The lowest BCUT2D eigenvalue weighted by atomic mass is 10.3. The van der Waals surface area contributed by atoms with Gasteiger partial charge in [0.05, 0.1) is 6.61 Å². The molecule has 0 aromatic rings. The minimum absolute atomic E-state index is 0.467. The number of hydrogen-bond donors (Lipinski definition) is 4. The molecule has 7 nitrogen and oxygen atoms in total. The zero-order valence-electron chi connectivity index (χ0n) is 10.1. The van der Waals surface area contributed by atoms with E-state index in [1.165, 1.54) is 0 Å². The molecule has 1 aliphatic heterocycles. The summed E-state index contributed by atoms with van der Waals surface area (Å²) in [6, 6.07) is -1.82. The molecule has 1 fully saturated rings. The quantitative estimate of drug-likeness (QED) is 0.485. The van der Waals surface area contributed by atoms with E-state index >= 15 is 0 Å². The van der Waals surface area contributed by atoms with E-state index in [0.29, 0.717) is 6.54 Å². The summed E-state index contributed by atoms with van der Waals surface area (Å²) in [5, 5.41) is 22.1. The molecule has 4 N–H and O–H groups in total. The number of aliphatic hydroxyl groups is 1. The lowest BCUT2D eigenvalue weighted by molar-refractivity contribution is -0.140. The standard InChI is InChI=1S/C10H19N3O4S/c14-7-8(9(15)16)12-10(17)11-1-2-13-3-5-18-6-4-13/h8,14H,1-7H2,(H,15,16)(H2,11,12,17)/t8-/m1/s1. The molecule has 0 bridgehead atoms. The molecule has 0 aromatic carbocycles. The first kappa shape index (κ1) is 15.1. The van der Waals surface area contributed by atoms with Crippen LogP contribution in [0, 0.1) is 0 Å². The van der Waals surface area contributed by atoms with Crippen LogP contribution in [0.15, 0.2) is 0 Å². The van der Waals surface area contributed by atoms with E-state index in [0.717, 1.165) is 31.1 Å². The molecule has 1 saturated heterocycles. The minimum Gasteiger partial charge on any atom is -0.480 e. The van der Waals surface area contributed by atoms with Crippen LogP contribution >= 0.6 is 11.8 Å². The number of rotatable bonds is 6. The first-order valence-corrected chi connectivity index (χ1v) is 6.97. The van der Waals surface area contributed by atoms with Gasteiger partial charge in [0.25, 0.3) is 0 Å². The monoisotopic (exact) mass is 277 g/mol. The largest absolute Gasteiger partial charge is 0.480 e. The van der Waals surface area contributed by atoms with Crippen LogP contribution < -0.4 is 10.6 Å². The van der Waals surface area contributed by atoms with Crippen molar-refractivity contribution in [3.05, 3.63) is 0 Å². The van der Waals surface area contributed by atoms with Crippen molar-refractivity contribution in [1.82, 2.24) is 15.5 Å². The van der Waals surface area contributed by atoms with E-state index in [-0.39, 0.29) is 0 Å². The molecule has 104 valence electrons. The number of thioether (sulfide) groups is 1. The highest BCUT2D eigenvalue weighted by Gasteiger charge is 2.18. The normalized spacial score (nSPS) is 18.1. The van der Waals surface area contributed by atoms with Crippen molar-refractivity contribution in [1.29, 1.82) is 0 Å². The summed E-state index contributed by atoms with van der Waals surface area (Å²) in [6.07, 6.45) is 0. The van der Waals surface area contributed by atoms with E-state index in [1.54, 1.807) is 0 Å². The van der Waals surface area contributed by atoms with Crippen molar-refractivity contribution in [2.45, 2.75) is 6.04 Å². The Bertz CT molecular complexity index is 284. The lowest BCUT2D eigenvalue weighted by Crippen LogP contribution is -2.49. The Morgan fingerprint density at radius 2 is 2.00 bits per heavy atom. The number of carboxylic acid groups (broad SMARTS) is 1. The molecule has 0 aliphatic carbocycles. The second-order valence-corrected chi connectivity index (χ2v) is 5.15. The Balaban J connectivity index is 2.14. The minimum atomic E-state index is -1.25. The molecule has 0 saturated carbocycles. The lowest BCUT2D eigenvalue weighted by Gasteiger charge is -2.26. The number of carbonyl (C=O) groups is 2. The summed E-state index contributed by atoms with van der Waals surface area (Å²) in [6.45, 7) is 2.63. The summed E-state index contributed by atoms with van der Waals surface area (Å²) in [7, 11) is 0. The number of carbonyl (C=O) groups excluding carboxylic acids is 1. The molecule has 1 aliphatic rings. The fourth-order valence-electron chi connectivity index (χ4n) is 1.55. The third kappa shape index (κ3) is 5.56. The number of amides is 2. The van der Waals surface area contributed by atoms with E-state index < -0.39 is 24.6 Å². The van der Waals surface area contributed by atoms with Gasteiger partial charge in [-0.1, -0.05) is 0 Å².